The Balaban J connectivity index is 2.03. The highest BCUT2D eigenvalue weighted by Crippen LogP contribution is 2.35. The fraction of sp³-hybridized carbons (Fsp3) is 0.333. The van der Waals surface area contributed by atoms with E-state index in [9.17, 15) is 18.0 Å². The molecule has 0 aliphatic heterocycles. The Labute approximate surface area is 241 Å². The fourth-order valence-electron chi connectivity index (χ4n) is 4.13. The summed E-state index contributed by atoms with van der Waals surface area (Å²) >= 11 is 6.26. The second kappa shape index (κ2) is 14.2. The number of methoxy groups -OCH3 is 1. The maximum atomic E-state index is 14.0. The largest absolute Gasteiger partial charge is 0.495 e. The maximum Gasteiger partial charge on any atom is 0.264 e. The second-order valence-corrected chi connectivity index (χ2v) is 11.8. The maximum absolute atomic E-state index is 14.0. The van der Waals surface area contributed by atoms with Crippen LogP contribution in [0.3, 0.4) is 0 Å². The Kier molecular flexibility index (Phi) is 11.0. The average molecular weight is 586 g/mol. The smallest absolute Gasteiger partial charge is 0.264 e. The molecule has 40 heavy (non-hydrogen) atoms. The van der Waals surface area contributed by atoms with Gasteiger partial charge in [0.15, 0.2) is 0 Å². The van der Waals surface area contributed by atoms with E-state index in [0.29, 0.717) is 6.42 Å². The van der Waals surface area contributed by atoms with Crippen LogP contribution in [0, 0.1) is 0 Å². The van der Waals surface area contributed by atoms with Crippen LogP contribution in [-0.2, 0) is 26.0 Å². The highest BCUT2D eigenvalue weighted by atomic mass is 35.5. The molecule has 0 heterocycles. The van der Waals surface area contributed by atoms with Crippen molar-refractivity contribution in [3.8, 4) is 5.75 Å². The van der Waals surface area contributed by atoms with E-state index in [1.807, 2.05) is 44.2 Å². The number of amides is 2. The van der Waals surface area contributed by atoms with Crippen LogP contribution >= 0.6 is 11.6 Å². The minimum absolute atomic E-state index is 0.00299. The Hall–Kier alpha value is -3.56. The highest BCUT2D eigenvalue weighted by Gasteiger charge is 2.34. The van der Waals surface area contributed by atoms with E-state index in [2.05, 4.69) is 5.32 Å². The van der Waals surface area contributed by atoms with Gasteiger partial charge < -0.3 is 15.0 Å². The first kappa shape index (κ1) is 31.0. The van der Waals surface area contributed by atoms with Gasteiger partial charge in [-0.1, -0.05) is 67.1 Å². The van der Waals surface area contributed by atoms with Gasteiger partial charge in [-0.05, 0) is 62.6 Å². The van der Waals surface area contributed by atoms with E-state index in [-0.39, 0.29) is 39.8 Å². The van der Waals surface area contributed by atoms with Crippen molar-refractivity contribution in [2.45, 2.75) is 50.6 Å². The van der Waals surface area contributed by atoms with E-state index < -0.39 is 28.5 Å². The van der Waals surface area contributed by atoms with E-state index in [1.165, 1.54) is 30.2 Å². The van der Waals surface area contributed by atoms with Gasteiger partial charge in [0.2, 0.25) is 11.8 Å². The summed E-state index contributed by atoms with van der Waals surface area (Å²) in [5.41, 5.74) is 1.10. The van der Waals surface area contributed by atoms with E-state index in [1.54, 1.807) is 37.3 Å². The minimum Gasteiger partial charge on any atom is -0.495 e. The first-order valence-electron chi connectivity index (χ1n) is 13.1. The topological polar surface area (TPSA) is 96.0 Å². The third-order valence-electron chi connectivity index (χ3n) is 6.67. The summed E-state index contributed by atoms with van der Waals surface area (Å²) in [6.07, 6.45) is 1.22. The van der Waals surface area contributed by atoms with Crippen LogP contribution in [0.4, 0.5) is 5.69 Å². The molecule has 0 spiro atoms. The molecule has 0 radical (unpaired) electrons. The van der Waals surface area contributed by atoms with Crippen molar-refractivity contribution in [3.63, 3.8) is 0 Å². The predicted molar refractivity (Wildman–Crippen MR) is 158 cm³/mol. The molecule has 0 aromatic heterocycles. The number of halogens is 1. The number of carbonyl (C=O) groups excluding carboxylic acids is 2. The quantitative estimate of drug-likeness (QED) is 0.307. The van der Waals surface area contributed by atoms with Gasteiger partial charge in [0.1, 0.15) is 18.3 Å². The zero-order valence-corrected chi connectivity index (χ0v) is 24.8. The van der Waals surface area contributed by atoms with Crippen LogP contribution in [0.15, 0.2) is 83.8 Å². The van der Waals surface area contributed by atoms with Gasteiger partial charge in [-0.15, -0.1) is 0 Å². The lowest BCUT2D eigenvalue weighted by Gasteiger charge is -2.32. The van der Waals surface area contributed by atoms with Gasteiger partial charge in [-0.25, -0.2) is 8.42 Å². The van der Waals surface area contributed by atoms with Crippen molar-refractivity contribution in [1.82, 2.24) is 10.2 Å². The zero-order chi connectivity index (χ0) is 29.3. The lowest BCUT2D eigenvalue weighted by Crippen LogP contribution is -2.53. The van der Waals surface area contributed by atoms with Gasteiger partial charge in [0, 0.05) is 17.6 Å². The third-order valence-corrected chi connectivity index (χ3v) is 8.68. The van der Waals surface area contributed by atoms with Crippen LogP contribution in [0.1, 0.15) is 32.8 Å². The summed E-state index contributed by atoms with van der Waals surface area (Å²) in [6.45, 7) is 5.14. The van der Waals surface area contributed by atoms with Crippen molar-refractivity contribution < 1.29 is 22.7 Å². The highest BCUT2D eigenvalue weighted by molar-refractivity contribution is 7.92. The molecule has 2 atom stereocenters. The molecule has 8 nitrogen and oxygen atoms in total. The average Bonchev–Trinajstić information content (AvgIpc) is 2.96. The molecule has 0 unspecified atom stereocenters. The van der Waals surface area contributed by atoms with E-state index in [0.717, 1.165) is 16.3 Å². The fourth-order valence-corrected chi connectivity index (χ4v) is 5.73. The number of carbonyl (C=O) groups is 2. The number of ether oxygens (including phenoxy) is 1. The number of hydrogen-bond acceptors (Lipinski definition) is 5. The molecule has 10 heteroatoms. The molecule has 0 fully saturated rings. The number of nitrogens with zero attached hydrogens (tertiary/aromatic N) is 2. The summed E-state index contributed by atoms with van der Waals surface area (Å²) in [6, 6.07) is 21.1. The molecule has 3 aromatic rings. The first-order chi connectivity index (χ1) is 19.1. The van der Waals surface area contributed by atoms with Crippen molar-refractivity contribution >= 4 is 39.1 Å². The summed E-state index contributed by atoms with van der Waals surface area (Å²) in [5.74, 6) is -0.618. The Bertz CT molecular complexity index is 1390. The first-order valence-corrected chi connectivity index (χ1v) is 14.9. The molecule has 214 valence electrons. The molecule has 0 aliphatic rings. The lowest BCUT2D eigenvalue weighted by atomic mass is 10.1. The third kappa shape index (κ3) is 7.76. The summed E-state index contributed by atoms with van der Waals surface area (Å²) in [4.78, 5) is 28.5. The van der Waals surface area contributed by atoms with Crippen molar-refractivity contribution in [2.75, 3.05) is 24.5 Å². The number of rotatable bonds is 13. The molecule has 0 bridgehead atoms. The number of hydrogen-bond donors (Lipinski definition) is 1. The standard InChI is InChI=1S/C30H36ClN3O5S/c1-5-22(2)32-30(36)23(3)33(19-18-24-12-8-6-9-13-24)29(35)21-34(27-20-25(31)16-17-28(27)39-4)40(37,38)26-14-10-7-11-15-26/h6-17,20,22-23H,5,18-19,21H2,1-4H3,(H,32,36)/t22-,23-/m0/s1. The van der Waals surface area contributed by atoms with Gasteiger partial charge >= 0.3 is 0 Å². The van der Waals surface area contributed by atoms with Gasteiger partial charge in [-0.2, -0.15) is 0 Å². The monoisotopic (exact) mass is 585 g/mol. The van der Waals surface area contributed by atoms with Crippen LogP contribution in [0.5, 0.6) is 5.75 Å². The molecule has 0 saturated carbocycles. The normalized spacial score (nSPS) is 12.7. The van der Waals surface area contributed by atoms with Crippen LogP contribution in [0.2, 0.25) is 5.02 Å². The van der Waals surface area contributed by atoms with Crippen molar-refractivity contribution in [3.05, 3.63) is 89.4 Å². The molecular weight excluding hydrogens is 550 g/mol. The number of sulfonamides is 1. The van der Waals surface area contributed by atoms with E-state index in [4.69, 9.17) is 16.3 Å². The number of anilines is 1. The van der Waals surface area contributed by atoms with E-state index >= 15 is 0 Å². The number of benzene rings is 3. The molecule has 0 saturated heterocycles. The molecule has 2 amide bonds. The van der Waals surface area contributed by atoms with Crippen LogP contribution < -0.4 is 14.4 Å². The number of nitrogens with one attached hydrogen (secondary N) is 1. The van der Waals surface area contributed by atoms with Crippen LogP contribution in [0.25, 0.3) is 0 Å². The van der Waals surface area contributed by atoms with Gasteiger partial charge in [-0.3, -0.25) is 13.9 Å². The predicted octanol–water partition coefficient (Wildman–Crippen LogP) is 4.92. The molecule has 3 aromatic carbocycles. The van der Waals surface area contributed by atoms with Gasteiger partial charge in [0.25, 0.3) is 10.0 Å². The molecule has 0 aliphatic carbocycles. The van der Waals surface area contributed by atoms with Crippen molar-refractivity contribution in [1.29, 1.82) is 0 Å². The van der Waals surface area contributed by atoms with Crippen LogP contribution in [-0.4, -0.2) is 57.4 Å². The SMILES string of the molecule is CC[C@H](C)NC(=O)[C@H](C)N(CCc1ccccc1)C(=O)CN(c1cc(Cl)ccc1OC)S(=O)(=O)c1ccccc1. The summed E-state index contributed by atoms with van der Waals surface area (Å²) in [7, 11) is -2.81. The molecule has 1 N–H and O–H groups in total. The lowest BCUT2D eigenvalue weighted by molar-refractivity contribution is -0.139. The molecule has 3 rings (SSSR count). The Morgan fingerprint density at radius 1 is 0.975 bits per heavy atom. The minimum atomic E-state index is -4.22. The Morgan fingerprint density at radius 3 is 2.20 bits per heavy atom. The van der Waals surface area contributed by atoms with Crippen molar-refractivity contribution in [2.24, 2.45) is 0 Å². The van der Waals surface area contributed by atoms with Gasteiger partial charge in [0.05, 0.1) is 17.7 Å². The second-order valence-electron chi connectivity index (χ2n) is 9.46. The Morgan fingerprint density at radius 2 is 1.60 bits per heavy atom. The summed E-state index contributed by atoms with van der Waals surface area (Å²) < 4.78 is 34.3. The zero-order valence-electron chi connectivity index (χ0n) is 23.2. The molecular formula is C30H36ClN3O5S. The summed E-state index contributed by atoms with van der Waals surface area (Å²) in [5, 5.41) is 3.20.